The summed E-state index contributed by atoms with van der Waals surface area (Å²) in [5.74, 6) is 0.224. The Bertz CT molecular complexity index is 1930. The van der Waals surface area contributed by atoms with E-state index in [1.165, 1.54) is 53.6 Å². The average Bonchev–Trinajstić information content (AvgIpc) is 3.41. The number of hydrogen-bond acceptors (Lipinski definition) is 10. The maximum Gasteiger partial charge on any atom is 0.300 e. The summed E-state index contributed by atoms with van der Waals surface area (Å²) in [5, 5.41) is 24.9. The monoisotopic (exact) mass is 609 g/mol. The molecule has 1 aliphatic heterocycles. The maximum atomic E-state index is 12.5. The van der Waals surface area contributed by atoms with Crippen LogP contribution in [-0.4, -0.2) is 36.7 Å². The van der Waals surface area contributed by atoms with Crippen LogP contribution in [0.25, 0.3) is 5.43 Å². The number of nitro groups is 1. The molecule has 1 aliphatic rings. The number of anilines is 1. The van der Waals surface area contributed by atoms with Crippen LogP contribution in [0.5, 0.6) is 0 Å². The van der Waals surface area contributed by atoms with Gasteiger partial charge in [-0.25, -0.2) is 5.43 Å². The van der Waals surface area contributed by atoms with E-state index in [9.17, 15) is 31.5 Å². The van der Waals surface area contributed by atoms with E-state index >= 15 is 0 Å². The molecule has 0 saturated heterocycles. The molecule has 0 saturated carbocycles. The minimum atomic E-state index is -4.85. The number of amidine groups is 1. The first-order valence-corrected chi connectivity index (χ1v) is 14.7. The van der Waals surface area contributed by atoms with E-state index in [2.05, 4.69) is 20.8 Å². The first kappa shape index (κ1) is 28.5. The van der Waals surface area contributed by atoms with E-state index in [-0.39, 0.29) is 38.6 Å². The predicted octanol–water partition coefficient (Wildman–Crippen LogP) is 4.11. The molecule has 4 aromatic carbocycles. The highest BCUT2D eigenvalue weighted by molar-refractivity contribution is 7.86. The molecule has 3 N–H and O–H groups in total. The Morgan fingerprint density at radius 2 is 1.43 bits per heavy atom. The van der Waals surface area contributed by atoms with Crippen molar-refractivity contribution >= 4 is 54.5 Å². The first-order valence-electron chi connectivity index (χ1n) is 11.8. The summed E-state index contributed by atoms with van der Waals surface area (Å²) in [5.41, 5.74) is 5.50. The van der Waals surface area contributed by atoms with Gasteiger partial charge >= 0.3 is 10.1 Å². The number of benzene rings is 4. The fourth-order valence-electron chi connectivity index (χ4n) is 3.86. The standard InChI is InChI=1S/C25H19N7O8S2/c33-32(34)21-11-9-20(10-12-21)30-28-25(17-4-2-1-3-5-17)29-31(30)23-15-8-19(16-24(23)42(38,39)40)27-26-18-6-13-22(14-7-18)41(35,36)37/h1-16,31H,(H2-,28,29,35,36,37,38,39,40). The van der Waals surface area contributed by atoms with Gasteiger partial charge in [-0.1, -0.05) is 30.3 Å². The van der Waals surface area contributed by atoms with E-state index < -0.39 is 30.1 Å². The summed E-state index contributed by atoms with van der Waals surface area (Å²) in [6.45, 7) is 0. The van der Waals surface area contributed by atoms with Crippen LogP contribution in [0.15, 0.2) is 122 Å². The van der Waals surface area contributed by atoms with Crippen molar-refractivity contribution in [1.29, 1.82) is 0 Å². The van der Waals surface area contributed by atoms with Crippen LogP contribution >= 0.6 is 0 Å². The summed E-state index contributed by atoms with van der Waals surface area (Å²) in [6.07, 6.45) is 0. The lowest BCUT2D eigenvalue weighted by atomic mass is 10.2. The number of quaternary nitrogens is 1. The van der Waals surface area contributed by atoms with Gasteiger partial charge < -0.3 is 5.10 Å². The van der Waals surface area contributed by atoms with Crippen LogP contribution < -0.4 is 10.2 Å². The molecular formula is C25H19N7O8S2. The number of hydrogen-bond donors (Lipinski definition) is 3. The zero-order valence-corrected chi connectivity index (χ0v) is 22.7. The van der Waals surface area contributed by atoms with Crippen LogP contribution in [0, 0.1) is 10.1 Å². The Balaban J connectivity index is 1.53. The molecule has 17 heteroatoms. The number of azo groups is 1. The largest absolute Gasteiger partial charge is 0.319 e. The number of non-ortho nitro benzene ring substituents is 1. The van der Waals surface area contributed by atoms with E-state index in [4.69, 9.17) is 4.55 Å². The van der Waals surface area contributed by atoms with Crippen molar-refractivity contribution in [2.45, 2.75) is 9.79 Å². The van der Waals surface area contributed by atoms with Gasteiger partial charge in [0.05, 0.1) is 26.9 Å². The van der Waals surface area contributed by atoms with Gasteiger partial charge in [0.25, 0.3) is 15.8 Å². The first-order chi connectivity index (χ1) is 19.9. The molecule has 0 spiro atoms. The summed E-state index contributed by atoms with van der Waals surface area (Å²) >= 11 is 0. The molecule has 0 fully saturated rings. The molecule has 1 heterocycles. The molecule has 5 rings (SSSR count). The zero-order chi connectivity index (χ0) is 30.1. The normalized spacial score (nSPS) is 15.4. The van der Waals surface area contributed by atoms with Gasteiger partial charge in [0.1, 0.15) is 0 Å². The minimum Gasteiger partial charge on any atom is -0.319 e. The van der Waals surface area contributed by atoms with Gasteiger partial charge in [0.2, 0.25) is 0 Å². The van der Waals surface area contributed by atoms with Gasteiger partial charge in [0.15, 0.2) is 10.6 Å². The van der Waals surface area contributed by atoms with Gasteiger partial charge in [-0.15, -0.1) is 0 Å². The molecule has 0 radical (unpaired) electrons. The Kier molecular flexibility index (Phi) is 7.50. The lowest BCUT2D eigenvalue weighted by molar-refractivity contribution is -0.793. The highest BCUT2D eigenvalue weighted by atomic mass is 32.2. The van der Waals surface area contributed by atoms with Crippen molar-refractivity contribution in [3.63, 3.8) is 0 Å². The molecule has 0 aromatic heterocycles. The average molecular weight is 610 g/mol. The van der Waals surface area contributed by atoms with Crippen LogP contribution in [-0.2, 0) is 20.2 Å². The highest BCUT2D eigenvalue weighted by Crippen LogP contribution is 2.29. The molecule has 214 valence electrons. The van der Waals surface area contributed by atoms with Gasteiger partial charge in [0, 0.05) is 24.0 Å². The maximum absolute atomic E-state index is 12.5. The molecule has 15 nitrogen and oxygen atoms in total. The number of nitro benzene ring substituents is 1. The van der Waals surface area contributed by atoms with Crippen molar-refractivity contribution in [3.05, 3.63) is 118 Å². The molecule has 1 unspecified atom stereocenters. The summed E-state index contributed by atoms with van der Waals surface area (Å²) < 4.78 is 66.7. The Morgan fingerprint density at radius 3 is 2.02 bits per heavy atom. The fourth-order valence-corrected chi connectivity index (χ4v) is 5.05. The van der Waals surface area contributed by atoms with Crippen molar-refractivity contribution < 1.29 is 36.0 Å². The number of rotatable bonds is 8. The summed E-state index contributed by atoms with van der Waals surface area (Å²) in [7, 11) is -9.24. The quantitative estimate of drug-likeness (QED) is 0.113. The van der Waals surface area contributed by atoms with Crippen molar-refractivity contribution in [2.75, 3.05) is 5.12 Å². The Morgan fingerprint density at radius 1 is 0.810 bits per heavy atom. The minimum absolute atomic E-state index is 0.0135. The second-order valence-corrected chi connectivity index (χ2v) is 11.4. The molecule has 0 amide bonds. The Hall–Kier alpha value is -5.07. The van der Waals surface area contributed by atoms with E-state index in [0.717, 1.165) is 18.2 Å². The van der Waals surface area contributed by atoms with Crippen LogP contribution in [0.2, 0.25) is 0 Å². The van der Waals surface area contributed by atoms with Crippen LogP contribution in [0.3, 0.4) is 0 Å². The molecular weight excluding hydrogens is 590 g/mol. The van der Waals surface area contributed by atoms with Crippen LogP contribution in [0.4, 0.5) is 28.4 Å². The van der Waals surface area contributed by atoms with Crippen molar-refractivity contribution in [1.82, 2.24) is 0 Å². The van der Waals surface area contributed by atoms with E-state index in [0.29, 0.717) is 11.3 Å². The third kappa shape index (κ3) is 6.14. The van der Waals surface area contributed by atoms with Gasteiger partial charge in [-0.3, -0.25) is 19.2 Å². The van der Waals surface area contributed by atoms with Crippen molar-refractivity contribution in [3.8, 4) is 0 Å². The fraction of sp³-hybridized carbons (Fsp3) is 0. The highest BCUT2D eigenvalue weighted by Gasteiger charge is 2.31. The summed E-state index contributed by atoms with van der Waals surface area (Å²) in [4.78, 5) is 9.68. The molecule has 1 atom stereocenters. The number of nitrogens with one attached hydrogen (secondary N) is 1. The van der Waals surface area contributed by atoms with Gasteiger partial charge in [-0.2, -0.15) is 37.3 Å². The number of hydrazone groups is 1. The second-order valence-electron chi connectivity index (χ2n) is 8.63. The summed E-state index contributed by atoms with van der Waals surface area (Å²) in [6, 6.07) is 22.8. The topological polar surface area (TPSA) is 211 Å². The molecule has 0 bridgehead atoms. The van der Waals surface area contributed by atoms with Gasteiger partial charge in [-0.05, 0) is 54.1 Å². The molecule has 0 aliphatic carbocycles. The third-order valence-corrected chi connectivity index (χ3v) is 7.61. The molecule has 42 heavy (non-hydrogen) atoms. The zero-order valence-electron chi connectivity index (χ0n) is 21.1. The van der Waals surface area contributed by atoms with Crippen LogP contribution in [0.1, 0.15) is 5.56 Å². The second kappa shape index (κ2) is 11.1. The predicted molar refractivity (Wildman–Crippen MR) is 149 cm³/mol. The third-order valence-electron chi connectivity index (χ3n) is 5.84. The molecule has 4 aromatic rings. The SMILES string of the molecule is O=[N+]([O-])c1ccc(N2N=C(c3ccccc3)[N-][NH+]2c2ccc(N=Nc3ccc(S(=O)(=O)O)cc3)cc2S(=O)(=O)O)cc1. The van der Waals surface area contributed by atoms with E-state index in [1.54, 1.807) is 30.3 Å². The smallest absolute Gasteiger partial charge is 0.300 e. The lowest BCUT2D eigenvalue weighted by Gasteiger charge is -2.28. The number of nitrogens with zero attached hydrogens (tertiary/aromatic N) is 6. The Labute approximate surface area is 238 Å². The van der Waals surface area contributed by atoms with Crippen molar-refractivity contribution in [2.24, 2.45) is 15.3 Å². The van der Waals surface area contributed by atoms with E-state index in [1.807, 2.05) is 0 Å². The lowest BCUT2D eigenvalue weighted by Crippen LogP contribution is -3.09.